The summed E-state index contributed by atoms with van der Waals surface area (Å²) in [5.74, 6) is 0.823. The lowest BCUT2D eigenvalue weighted by Gasteiger charge is -2.14. The maximum Gasteiger partial charge on any atom is 0.132 e. The zero-order chi connectivity index (χ0) is 14.5. The first-order chi connectivity index (χ1) is 9.60. The molecule has 102 valence electrons. The number of nitriles is 1. The van der Waals surface area contributed by atoms with Crippen molar-refractivity contribution in [1.29, 1.82) is 5.26 Å². The Bertz CT molecular complexity index is 630. The van der Waals surface area contributed by atoms with E-state index >= 15 is 0 Å². The molecule has 2 aromatic rings. The summed E-state index contributed by atoms with van der Waals surface area (Å²) in [5.41, 5.74) is 7.36. The van der Waals surface area contributed by atoms with Crippen LogP contribution in [0.3, 0.4) is 0 Å². The zero-order valence-electron chi connectivity index (χ0n) is 11.1. The summed E-state index contributed by atoms with van der Waals surface area (Å²) in [4.78, 5) is 0. The molecule has 0 amide bonds. The number of hydrogen-bond acceptors (Lipinski definition) is 3. The molecular weight excluding hydrogens is 255 g/mol. The van der Waals surface area contributed by atoms with E-state index in [2.05, 4.69) is 6.07 Å². The Morgan fingerprint density at radius 1 is 1.25 bits per heavy atom. The summed E-state index contributed by atoms with van der Waals surface area (Å²) in [5, 5.41) is 8.62. The lowest BCUT2D eigenvalue weighted by molar-refractivity contribution is 0.469. The molecule has 0 spiro atoms. The van der Waals surface area contributed by atoms with Gasteiger partial charge in [-0.05, 0) is 42.8 Å². The smallest absolute Gasteiger partial charge is 0.132 e. The highest BCUT2D eigenvalue weighted by molar-refractivity contribution is 5.40. The highest BCUT2D eigenvalue weighted by Gasteiger charge is 2.10. The molecule has 3 nitrogen and oxygen atoms in total. The fourth-order valence-corrected chi connectivity index (χ4v) is 1.86. The van der Waals surface area contributed by atoms with E-state index in [4.69, 9.17) is 15.7 Å². The molecule has 0 fully saturated rings. The third-order valence-electron chi connectivity index (χ3n) is 2.90. The fraction of sp³-hybridized carbons (Fsp3) is 0.188. The van der Waals surface area contributed by atoms with Crippen molar-refractivity contribution in [3.8, 4) is 17.6 Å². The van der Waals surface area contributed by atoms with Crippen LogP contribution in [0.15, 0.2) is 42.5 Å². The lowest BCUT2D eigenvalue weighted by Crippen LogP contribution is -2.07. The Labute approximate surface area is 117 Å². The number of ether oxygens (including phenoxy) is 1. The van der Waals surface area contributed by atoms with Gasteiger partial charge in [-0.2, -0.15) is 5.26 Å². The minimum Gasteiger partial charge on any atom is -0.457 e. The maximum atomic E-state index is 13.2. The van der Waals surface area contributed by atoms with Gasteiger partial charge in [0, 0.05) is 11.6 Å². The standard InChI is InChI=1S/C16H15FN2O/c1-11(19)15-10-13(17)4-7-16(15)20-14-5-2-12(3-6-14)8-9-18/h2-7,10-11H,8,19H2,1H3/t11-/m0/s1. The Morgan fingerprint density at radius 2 is 1.95 bits per heavy atom. The van der Waals surface area contributed by atoms with E-state index in [1.165, 1.54) is 12.1 Å². The second kappa shape index (κ2) is 6.18. The molecule has 2 N–H and O–H groups in total. The Hall–Kier alpha value is -2.38. The number of nitrogens with zero attached hydrogens (tertiary/aromatic N) is 1. The van der Waals surface area contributed by atoms with Crippen molar-refractivity contribution < 1.29 is 9.13 Å². The topological polar surface area (TPSA) is 59.0 Å². The molecule has 0 aliphatic heterocycles. The molecule has 0 bridgehead atoms. The van der Waals surface area contributed by atoms with Gasteiger partial charge in [0.25, 0.3) is 0 Å². The van der Waals surface area contributed by atoms with E-state index in [-0.39, 0.29) is 11.9 Å². The van der Waals surface area contributed by atoms with Crippen LogP contribution in [0.4, 0.5) is 4.39 Å². The molecule has 0 aliphatic carbocycles. The first-order valence-corrected chi connectivity index (χ1v) is 6.29. The van der Waals surface area contributed by atoms with Crippen LogP contribution < -0.4 is 10.5 Å². The Kier molecular flexibility index (Phi) is 4.34. The van der Waals surface area contributed by atoms with Gasteiger partial charge < -0.3 is 10.5 Å². The molecule has 20 heavy (non-hydrogen) atoms. The summed E-state index contributed by atoms with van der Waals surface area (Å²) < 4.78 is 19.0. The van der Waals surface area contributed by atoms with Gasteiger partial charge in [0.05, 0.1) is 12.5 Å². The van der Waals surface area contributed by atoms with Crippen LogP contribution >= 0.6 is 0 Å². The van der Waals surface area contributed by atoms with Crippen molar-refractivity contribution in [3.63, 3.8) is 0 Å². The van der Waals surface area contributed by atoms with E-state index in [0.29, 0.717) is 23.5 Å². The van der Waals surface area contributed by atoms with Crippen molar-refractivity contribution >= 4 is 0 Å². The van der Waals surface area contributed by atoms with Gasteiger partial charge in [-0.1, -0.05) is 12.1 Å². The molecule has 2 rings (SSSR count). The summed E-state index contributed by atoms with van der Waals surface area (Å²) in [7, 11) is 0. The van der Waals surface area contributed by atoms with Gasteiger partial charge in [-0.25, -0.2) is 4.39 Å². The van der Waals surface area contributed by atoms with Crippen molar-refractivity contribution in [1.82, 2.24) is 0 Å². The van der Waals surface area contributed by atoms with Crippen molar-refractivity contribution in [2.45, 2.75) is 19.4 Å². The SMILES string of the molecule is C[C@H](N)c1cc(F)ccc1Oc1ccc(CC#N)cc1. The largest absolute Gasteiger partial charge is 0.457 e. The van der Waals surface area contributed by atoms with Gasteiger partial charge in [0.2, 0.25) is 0 Å². The normalized spacial score (nSPS) is 11.7. The quantitative estimate of drug-likeness (QED) is 0.921. The summed E-state index contributed by atoms with van der Waals surface area (Å²) in [6.45, 7) is 1.78. The fourth-order valence-electron chi connectivity index (χ4n) is 1.86. The van der Waals surface area contributed by atoms with Crippen LogP contribution in [0, 0.1) is 17.1 Å². The highest BCUT2D eigenvalue weighted by atomic mass is 19.1. The number of hydrogen-bond donors (Lipinski definition) is 1. The Morgan fingerprint density at radius 3 is 2.55 bits per heavy atom. The third-order valence-corrected chi connectivity index (χ3v) is 2.90. The van der Waals surface area contributed by atoms with Crippen LogP contribution in [0.5, 0.6) is 11.5 Å². The molecule has 0 saturated heterocycles. The molecule has 0 saturated carbocycles. The van der Waals surface area contributed by atoms with Crippen LogP contribution in [0.25, 0.3) is 0 Å². The van der Waals surface area contributed by atoms with Crippen molar-refractivity contribution in [2.24, 2.45) is 5.73 Å². The molecule has 0 unspecified atom stereocenters. The lowest BCUT2D eigenvalue weighted by atomic mass is 10.1. The van der Waals surface area contributed by atoms with E-state index in [1.54, 1.807) is 25.1 Å². The van der Waals surface area contributed by atoms with Crippen LogP contribution in [0.1, 0.15) is 24.1 Å². The number of rotatable bonds is 4. The summed E-state index contributed by atoms with van der Waals surface area (Å²) in [6, 6.07) is 13.3. The molecule has 0 heterocycles. The summed E-state index contributed by atoms with van der Waals surface area (Å²) in [6.07, 6.45) is 0.363. The van der Waals surface area contributed by atoms with Gasteiger partial charge in [0.1, 0.15) is 17.3 Å². The van der Waals surface area contributed by atoms with Gasteiger partial charge in [-0.3, -0.25) is 0 Å². The van der Waals surface area contributed by atoms with Crippen molar-refractivity contribution in [2.75, 3.05) is 0 Å². The highest BCUT2D eigenvalue weighted by Crippen LogP contribution is 2.29. The number of nitrogens with two attached hydrogens (primary N) is 1. The first-order valence-electron chi connectivity index (χ1n) is 6.29. The molecule has 1 atom stereocenters. The Balaban J connectivity index is 2.23. The third kappa shape index (κ3) is 3.34. The molecular formula is C16H15FN2O. The van der Waals surface area contributed by atoms with E-state index in [0.717, 1.165) is 5.56 Å². The summed E-state index contributed by atoms with van der Waals surface area (Å²) >= 11 is 0. The average molecular weight is 270 g/mol. The second-order valence-corrected chi connectivity index (χ2v) is 4.55. The van der Waals surface area contributed by atoms with E-state index in [9.17, 15) is 4.39 Å². The average Bonchev–Trinajstić information content (AvgIpc) is 2.43. The predicted octanol–water partition coefficient (Wildman–Crippen LogP) is 3.70. The first kappa shape index (κ1) is 14.0. The van der Waals surface area contributed by atoms with Gasteiger partial charge in [-0.15, -0.1) is 0 Å². The predicted molar refractivity (Wildman–Crippen MR) is 74.8 cm³/mol. The minimum absolute atomic E-state index is 0.321. The molecule has 4 heteroatoms. The second-order valence-electron chi connectivity index (χ2n) is 4.55. The van der Waals surface area contributed by atoms with Crippen LogP contribution in [0.2, 0.25) is 0 Å². The molecule has 0 aliphatic rings. The van der Waals surface area contributed by atoms with E-state index in [1.807, 2.05) is 12.1 Å². The van der Waals surface area contributed by atoms with Crippen LogP contribution in [-0.2, 0) is 6.42 Å². The molecule has 0 radical (unpaired) electrons. The number of benzene rings is 2. The van der Waals surface area contributed by atoms with E-state index < -0.39 is 0 Å². The zero-order valence-corrected chi connectivity index (χ0v) is 11.1. The number of halogens is 1. The van der Waals surface area contributed by atoms with Gasteiger partial charge >= 0.3 is 0 Å². The molecule has 2 aromatic carbocycles. The van der Waals surface area contributed by atoms with Crippen LogP contribution in [-0.4, -0.2) is 0 Å². The van der Waals surface area contributed by atoms with Crippen molar-refractivity contribution in [3.05, 3.63) is 59.4 Å². The molecule has 0 aromatic heterocycles. The maximum absolute atomic E-state index is 13.2. The minimum atomic E-state index is -0.339. The monoisotopic (exact) mass is 270 g/mol. The van der Waals surface area contributed by atoms with Gasteiger partial charge in [0.15, 0.2) is 0 Å².